The van der Waals surface area contributed by atoms with Crippen LogP contribution < -0.4 is 4.74 Å². The first-order valence-corrected chi connectivity index (χ1v) is 10.8. The molecule has 0 amide bonds. The van der Waals surface area contributed by atoms with E-state index in [0.29, 0.717) is 5.75 Å². The van der Waals surface area contributed by atoms with Gasteiger partial charge in [-0.25, -0.2) is 4.18 Å². The van der Waals surface area contributed by atoms with Crippen LogP contribution in [0.15, 0.2) is 24.3 Å². The molecular weight excluding hydrogens is 352 g/mol. The Kier molecular flexibility index (Phi) is 11.2. The zero-order chi connectivity index (χ0) is 19.3. The topological polar surface area (TPSA) is 72.8 Å². The Morgan fingerprint density at radius 3 is 2.38 bits per heavy atom. The van der Waals surface area contributed by atoms with Crippen LogP contribution in [-0.2, 0) is 21.0 Å². The van der Waals surface area contributed by atoms with Crippen LogP contribution >= 0.6 is 0 Å². The van der Waals surface area contributed by atoms with E-state index >= 15 is 0 Å². The molecule has 0 unspecified atom stereocenters. The minimum absolute atomic E-state index is 0.0469. The number of rotatable bonds is 14. The maximum absolute atomic E-state index is 10.6. The minimum Gasteiger partial charge on any atom is -0.490 e. The van der Waals surface area contributed by atoms with Gasteiger partial charge >= 0.3 is 10.4 Å². The summed E-state index contributed by atoms with van der Waals surface area (Å²) in [7, 11) is -4.42. The number of aryl methyl sites for hydroxylation is 1. The van der Waals surface area contributed by atoms with Crippen LogP contribution in [0.25, 0.3) is 6.08 Å². The number of hydrogen-bond acceptors (Lipinski definition) is 4. The average molecular weight is 385 g/mol. The summed E-state index contributed by atoms with van der Waals surface area (Å²) in [6.07, 6.45) is 13.9. The van der Waals surface area contributed by atoms with Crippen LogP contribution in [0, 0.1) is 0 Å². The summed E-state index contributed by atoms with van der Waals surface area (Å²) < 4.78 is 39.6. The molecule has 0 saturated carbocycles. The van der Waals surface area contributed by atoms with E-state index in [9.17, 15) is 8.42 Å². The monoisotopic (exact) mass is 384 g/mol. The van der Waals surface area contributed by atoms with Crippen molar-refractivity contribution in [2.75, 3.05) is 13.2 Å². The highest BCUT2D eigenvalue weighted by atomic mass is 32.3. The Hall–Kier alpha value is -1.37. The third-order valence-corrected chi connectivity index (χ3v) is 4.58. The van der Waals surface area contributed by atoms with E-state index in [1.165, 1.54) is 44.1 Å². The van der Waals surface area contributed by atoms with Crippen LogP contribution in [-0.4, -0.2) is 26.2 Å². The van der Waals surface area contributed by atoms with Crippen LogP contribution in [0.2, 0.25) is 0 Å². The van der Waals surface area contributed by atoms with Gasteiger partial charge in [0.1, 0.15) is 19.0 Å². The quantitative estimate of drug-likeness (QED) is 0.352. The van der Waals surface area contributed by atoms with E-state index in [4.69, 9.17) is 9.29 Å². The molecule has 0 aliphatic heterocycles. The summed E-state index contributed by atoms with van der Waals surface area (Å²) in [5.74, 6) is 0.697. The van der Waals surface area contributed by atoms with Gasteiger partial charge in [0.25, 0.3) is 0 Å². The van der Waals surface area contributed by atoms with E-state index in [-0.39, 0.29) is 13.2 Å². The lowest BCUT2D eigenvalue weighted by atomic mass is 9.99. The molecule has 0 spiro atoms. The fraction of sp³-hybridized carbons (Fsp3) is 0.600. The van der Waals surface area contributed by atoms with Gasteiger partial charge in [-0.15, -0.1) is 0 Å². The van der Waals surface area contributed by atoms with E-state index in [1.54, 1.807) is 0 Å². The van der Waals surface area contributed by atoms with E-state index in [2.05, 4.69) is 17.2 Å². The summed E-state index contributed by atoms with van der Waals surface area (Å²) in [4.78, 5) is 0. The molecule has 0 saturated heterocycles. The number of ether oxygens (including phenoxy) is 1. The molecule has 0 radical (unpaired) electrons. The molecule has 0 aliphatic carbocycles. The van der Waals surface area contributed by atoms with Crippen molar-refractivity contribution < 1.29 is 21.9 Å². The molecule has 0 aliphatic rings. The molecule has 5 nitrogen and oxygen atoms in total. The van der Waals surface area contributed by atoms with Gasteiger partial charge < -0.3 is 4.74 Å². The van der Waals surface area contributed by atoms with Crippen LogP contribution in [0.1, 0.15) is 69.9 Å². The first-order valence-electron chi connectivity index (χ1n) is 9.47. The highest BCUT2D eigenvalue weighted by Gasteiger charge is 2.08. The summed E-state index contributed by atoms with van der Waals surface area (Å²) in [6, 6.07) is 5.91. The molecule has 1 aromatic rings. The maximum Gasteiger partial charge on any atom is 0.397 e. The standard InChI is InChI=1S/C20H32O5S/c1-3-5-6-7-8-9-10-13-18-14-11-15-20(19(18)12-4-2)24-16-17-25-26(21,22)23/h4,11-12,14-15H,3,5-10,13,16-17H2,1-2H3,(H,21,22,23). The van der Waals surface area contributed by atoms with Crippen LogP contribution in [0.4, 0.5) is 0 Å². The lowest BCUT2D eigenvalue weighted by Gasteiger charge is -2.13. The first-order chi connectivity index (χ1) is 12.5. The Bertz CT molecular complexity index is 638. The van der Waals surface area contributed by atoms with Crippen LogP contribution in [0.5, 0.6) is 5.75 Å². The fourth-order valence-electron chi connectivity index (χ4n) is 2.85. The van der Waals surface area contributed by atoms with Crippen LogP contribution in [0.3, 0.4) is 0 Å². The van der Waals surface area contributed by atoms with Crippen molar-refractivity contribution in [3.8, 4) is 5.75 Å². The second kappa shape index (κ2) is 12.9. The molecule has 0 fully saturated rings. The summed E-state index contributed by atoms with van der Waals surface area (Å²) >= 11 is 0. The van der Waals surface area contributed by atoms with Gasteiger partial charge in [-0.3, -0.25) is 4.55 Å². The lowest BCUT2D eigenvalue weighted by Crippen LogP contribution is -2.12. The predicted molar refractivity (Wildman–Crippen MR) is 106 cm³/mol. The SMILES string of the molecule is CC=Cc1c(CCCCCCCCC)cccc1OCCOS(=O)(=O)O. The number of allylic oxidation sites excluding steroid dienone is 1. The predicted octanol–water partition coefficient (Wildman–Crippen LogP) is 5.21. The number of hydrogen-bond donors (Lipinski definition) is 1. The maximum atomic E-state index is 10.6. The summed E-state index contributed by atoms with van der Waals surface area (Å²) in [5, 5.41) is 0. The fourth-order valence-corrected chi connectivity index (χ4v) is 3.13. The smallest absolute Gasteiger partial charge is 0.397 e. The van der Waals surface area contributed by atoms with Gasteiger partial charge in [0, 0.05) is 5.56 Å². The molecule has 26 heavy (non-hydrogen) atoms. The molecule has 148 valence electrons. The molecule has 1 rings (SSSR count). The largest absolute Gasteiger partial charge is 0.490 e. The Balaban J connectivity index is 2.54. The third kappa shape index (κ3) is 9.94. The lowest BCUT2D eigenvalue weighted by molar-refractivity contribution is 0.201. The van der Waals surface area contributed by atoms with Crippen molar-refractivity contribution >= 4 is 16.5 Å². The highest BCUT2D eigenvalue weighted by molar-refractivity contribution is 7.80. The van der Waals surface area contributed by atoms with Gasteiger partial charge in [-0.1, -0.05) is 69.7 Å². The van der Waals surface area contributed by atoms with Gasteiger partial charge in [-0.05, 0) is 31.4 Å². The Morgan fingerprint density at radius 2 is 1.73 bits per heavy atom. The molecule has 0 atom stereocenters. The van der Waals surface area contributed by atoms with Crippen molar-refractivity contribution in [2.45, 2.75) is 65.2 Å². The first kappa shape index (κ1) is 22.7. The highest BCUT2D eigenvalue weighted by Crippen LogP contribution is 2.26. The van der Waals surface area contributed by atoms with Gasteiger partial charge in [0.2, 0.25) is 0 Å². The van der Waals surface area contributed by atoms with Gasteiger partial charge in [-0.2, -0.15) is 8.42 Å². The zero-order valence-corrected chi connectivity index (χ0v) is 16.8. The third-order valence-electron chi connectivity index (χ3n) is 4.11. The van der Waals surface area contributed by atoms with Crippen molar-refractivity contribution in [1.82, 2.24) is 0 Å². The van der Waals surface area contributed by atoms with E-state index in [1.807, 2.05) is 31.2 Å². The molecule has 1 aromatic carbocycles. The molecule has 0 bridgehead atoms. The Morgan fingerprint density at radius 1 is 1.04 bits per heavy atom. The van der Waals surface area contributed by atoms with Crippen molar-refractivity contribution in [2.24, 2.45) is 0 Å². The summed E-state index contributed by atoms with van der Waals surface area (Å²) in [6.45, 7) is 4.00. The number of benzene rings is 1. The normalized spacial score (nSPS) is 12.0. The molecule has 0 heterocycles. The van der Waals surface area contributed by atoms with Gasteiger partial charge in [0.15, 0.2) is 0 Å². The molecule has 0 aromatic heterocycles. The van der Waals surface area contributed by atoms with Crippen molar-refractivity contribution in [1.29, 1.82) is 0 Å². The summed E-state index contributed by atoms with van der Waals surface area (Å²) in [5.41, 5.74) is 2.25. The number of unbranched alkanes of at least 4 members (excludes halogenated alkanes) is 6. The molecule has 1 N–H and O–H groups in total. The van der Waals surface area contributed by atoms with Gasteiger partial charge in [0.05, 0.1) is 0 Å². The Labute approximate surface area is 158 Å². The van der Waals surface area contributed by atoms with Crippen molar-refractivity contribution in [3.63, 3.8) is 0 Å². The molecular formula is C20H32O5S. The zero-order valence-electron chi connectivity index (χ0n) is 15.9. The van der Waals surface area contributed by atoms with E-state index < -0.39 is 10.4 Å². The minimum atomic E-state index is -4.42. The average Bonchev–Trinajstić information content (AvgIpc) is 2.59. The van der Waals surface area contributed by atoms with E-state index in [0.717, 1.165) is 18.4 Å². The van der Waals surface area contributed by atoms with Crippen molar-refractivity contribution in [3.05, 3.63) is 35.4 Å². The molecule has 6 heteroatoms. The second-order valence-corrected chi connectivity index (χ2v) is 7.39. The second-order valence-electron chi connectivity index (χ2n) is 6.30.